The SMILES string of the molecule is C=C(C)CN1C(=O)C(C)Sc2ccc(C(C)=O)cc21. The molecule has 1 atom stereocenters. The minimum absolute atomic E-state index is 0.00847. The minimum atomic E-state index is -0.102. The maximum atomic E-state index is 12.3. The van der Waals surface area contributed by atoms with E-state index in [9.17, 15) is 9.59 Å². The highest BCUT2D eigenvalue weighted by atomic mass is 32.2. The van der Waals surface area contributed by atoms with Crippen molar-refractivity contribution in [2.24, 2.45) is 0 Å². The topological polar surface area (TPSA) is 37.4 Å². The zero-order valence-corrected chi connectivity index (χ0v) is 12.2. The van der Waals surface area contributed by atoms with Crippen LogP contribution >= 0.6 is 11.8 Å². The fraction of sp³-hybridized carbons (Fsp3) is 0.333. The van der Waals surface area contributed by atoms with Crippen molar-refractivity contribution in [2.45, 2.75) is 30.9 Å². The van der Waals surface area contributed by atoms with Gasteiger partial charge in [-0.2, -0.15) is 0 Å². The summed E-state index contributed by atoms with van der Waals surface area (Å²) in [5, 5.41) is -0.102. The number of nitrogens with zero attached hydrogens (tertiary/aromatic N) is 1. The van der Waals surface area contributed by atoms with E-state index in [1.54, 1.807) is 11.0 Å². The largest absolute Gasteiger partial charge is 0.306 e. The van der Waals surface area contributed by atoms with Crippen LogP contribution in [0.2, 0.25) is 0 Å². The number of fused-ring (bicyclic) bond motifs is 1. The molecule has 1 aromatic rings. The maximum Gasteiger partial charge on any atom is 0.240 e. The average molecular weight is 275 g/mol. The summed E-state index contributed by atoms with van der Waals surface area (Å²) in [5.74, 6) is 0.0790. The molecule has 1 amide bonds. The monoisotopic (exact) mass is 275 g/mol. The predicted octanol–water partition coefficient (Wildman–Crippen LogP) is 3.29. The molecule has 4 heteroatoms. The van der Waals surface area contributed by atoms with Gasteiger partial charge in [0.2, 0.25) is 5.91 Å². The molecule has 2 rings (SSSR count). The van der Waals surface area contributed by atoms with Gasteiger partial charge in [-0.3, -0.25) is 9.59 Å². The highest BCUT2D eigenvalue weighted by Crippen LogP contribution is 2.39. The van der Waals surface area contributed by atoms with E-state index < -0.39 is 0 Å². The van der Waals surface area contributed by atoms with E-state index in [-0.39, 0.29) is 16.9 Å². The molecule has 0 N–H and O–H groups in total. The Hall–Kier alpha value is -1.55. The third-order valence-electron chi connectivity index (χ3n) is 3.00. The molecule has 0 aliphatic carbocycles. The number of amides is 1. The van der Waals surface area contributed by atoms with E-state index in [0.29, 0.717) is 12.1 Å². The first-order chi connectivity index (χ1) is 8.90. The molecule has 1 unspecified atom stereocenters. The molecule has 0 saturated carbocycles. The second-order valence-corrected chi connectivity index (χ2v) is 6.26. The van der Waals surface area contributed by atoms with Crippen LogP contribution in [0.4, 0.5) is 5.69 Å². The number of rotatable bonds is 3. The van der Waals surface area contributed by atoms with Crippen molar-refractivity contribution in [3.05, 3.63) is 35.9 Å². The molecular formula is C15H17NO2S. The molecular weight excluding hydrogens is 258 g/mol. The molecule has 19 heavy (non-hydrogen) atoms. The fourth-order valence-corrected chi connectivity index (χ4v) is 3.10. The van der Waals surface area contributed by atoms with Gasteiger partial charge in [0.15, 0.2) is 5.78 Å². The second-order valence-electron chi connectivity index (χ2n) is 4.88. The van der Waals surface area contributed by atoms with Gasteiger partial charge in [-0.25, -0.2) is 0 Å². The number of anilines is 1. The third-order valence-corrected chi connectivity index (χ3v) is 4.16. The molecule has 100 valence electrons. The van der Waals surface area contributed by atoms with Gasteiger partial charge >= 0.3 is 0 Å². The Balaban J connectivity index is 2.50. The normalized spacial score (nSPS) is 18.2. The van der Waals surface area contributed by atoms with Gasteiger partial charge in [0.25, 0.3) is 0 Å². The molecule has 1 aromatic carbocycles. The van der Waals surface area contributed by atoms with Crippen molar-refractivity contribution < 1.29 is 9.59 Å². The van der Waals surface area contributed by atoms with Gasteiger partial charge in [0, 0.05) is 17.0 Å². The van der Waals surface area contributed by atoms with Crippen LogP contribution < -0.4 is 4.90 Å². The summed E-state index contributed by atoms with van der Waals surface area (Å²) in [6.45, 7) is 9.70. The molecule has 1 heterocycles. The van der Waals surface area contributed by atoms with Crippen molar-refractivity contribution >= 4 is 29.1 Å². The summed E-state index contributed by atoms with van der Waals surface area (Å²) in [6, 6.07) is 5.54. The Kier molecular flexibility index (Phi) is 3.80. The second kappa shape index (κ2) is 5.21. The Morgan fingerprint density at radius 2 is 2.11 bits per heavy atom. The smallest absolute Gasteiger partial charge is 0.240 e. The summed E-state index contributed by atoms with van der Waals surface area (Å²) < 4.78 is 0. The quantitative estimate of drug-likeness (QED) is 0.627. The highest BCUT2D eigenvalue weighted by Gasteiger charge is 2.30. The van der Waals surface area contributed by atoms with Crippen molar-refractivity contribution in [3.63, 3.8) is 0 Å². The molecule has 1 aliphatic heterocycles. The van der Waals surface area contributed by atoms with Gasteiger partial charge in [-0.1, -0.05) is 18.2 Å². The standard InChI is InChI=1S/C15H17NO2S/c1-9(2)8-16-13-7-12(10(3)17)5-6-14(13)19-11(4)15(16)18/h5-7,11H,1,8H2,2-4H3. The molecule has 0 spiro atoms. The van der Waals surface area contributed by atoms with E-state index in [1.807, 2.05) is 26.0 Å². The number of benzene rings is 1. The number of hydrogen-bond acceptors (Lipinski definition) is 3. The Morgan fingerprint density at radius 1 is 1.42 bits per heavy atom. The first kappa shape index (κ1) is 13.9. The molecule has 0 fully saturated rings. The van der Waals surface area contributed by atoms with Crippen LogP contribution in [-0.2, 0) is 4.79 Å². The number of carbonyl (C=O) groups excluding carboxylic acids is 2. The minimum Gasteiger partial charge on any atom is -0.306 e. The number of ketones is 1. The van der Waals surface area contributed by atoms with Gasteiger partial charge in [-0.15, -0.1) is 11.8 Å². The Morgan fingerprint density at radius 3 is 2.68 bits per heavy atom. The summed E-state index contributed by atoms with van der Waals surface area (Å²) in [6.07, 6.45) is 0. The molecule has 0 aromatic heterocycles. The zero-order chi connectivity index (χ0) is 14.2. The maximum absolute atomic E-state index is 12.3. The zero-order valence-electron chi connectivity index (χ0n) is 11.4. The van der Waals surface area contributed by atoms with Crippen LogP contribution in [0.3, 0.4) is 0 Å². The number of Topliss-reactive ketones (excluding diaryl/α,β-unsaturated/α-hetero) is 1. The van der Waals surface area contributed by atoms with E-state index in [4.69, 9.17) is 0 Å². The van der Waals surface area contributed by atoms with Gasteiger partial charge in [0.1, 0.15) is 0 Å². The van der Waals surface area contributed by atoms with Gasteiger partial charge in [0.05, 0.1) is 10.9 Å². The van der Waals surface area contributed by atoms with Crippen LogP contribution in [-0.4, -0.2) is 23.5 Å². The molecule has 0 bridgehead atoms. The highest BCUT2D eigenvalue weighted by molar-refractivity contribution is 8.00. The number of thioether (sulfide) groups is 1. The van der Waals surface area contributed by atoms with Crippen molar-refractivity contribution in [2.75, 3.05) is 11.4 Å². The molecule has 0 radical (unpaired) electrons. The number of carbonyl (C=O) groups is 2. The van der Waals surface area contributed by atoms with Gasteiger partial charge < -0.3 is 4.90 Å². The summed E-state index contributed by atoms with van der Waals surface area (Å²) >= 11 is 1.54. The van der Waals surface area contributed by atoms with Crippen LogP contribution in [0.25, 0.3) is 0 Å². The first-order valence-corrected chi connectivity index (χ1v) is 7.05. The van der Waals surface area contributed by atoms with Crippen LogP contribution in [0.15, 0.2) is 35.2 Å². The lowest BCUT2D eigenvalue weighted by molar-refractivity contribution is -0.117. The lowest BCUT2D eigenvalue weighted by atomic mass is 10.1. The van der Waals surface area contributed by atoms with E-state index in [2.05, 4.69) is 6.58 Å². The Labute approximate surface area is 117 Å². The van der Waals surface area contributed by atoms with Crippen LogP contribution in [0.1, 0.15) is 31.1 Å². The van der Waals surface area contributed by atoms with Gasteiger partial charge in [-0.05, 0) is 32.9 Å². The lowest BCUT2D eigenvalue weighted by Gasteiger charge is -2.32. The lowest BCUT2D eigenvalue weighted by Crippen LogP contribution is -2.40. The first-order valence-electron chi connectivity index (χ1n) is 6.17. The van der Waals surface area contributed by atoms with E-state index >= 15 is 0 Å². The Bertz CT molecular complexity index is 565. The average Bonchev–Trinajstić information content (AvgIpc) is 2.34. The van der Waals surface area contributed by atoms with Crippen LogP contribution in [0.5, 0.6) is 0 Å². The summed E-state index contributed by atoms with van der Waals surface area (Å²) in [5.41, 5.74) is 2.38. The van der Waals surface area contributed by atoms with E-state index in [1.165, 1.54) is 18.7 Å². The van der Waals surface area contributed by atoms with Crippen molar-refractivity contribution in [1.82, 2.24) is 0 Å². The fourth-order valence-electron chi connectivity index (χ4n) is 2.06. The number of hydrogen-bond donors (Lipinski definition) is 0. The predicted molar refractivity (Wildman–Crippen MR) is 78.9 cm³/mol. The summed E-state index contributed by atoms with van der Waals surface area (Å²) in [7, 11) is 0. The van der Waals surface area contributed by atoms with Crippen molar-refractivity contribution in [1.29, 1.82) is 0 Å². The summed E-state index contributed by atoms with van der Waals surface area (Å²) in [4.78, 5) is 26.5. The third kappa shape index (κ3) is 2.73. The van der Waals surface area contributed by atoms with Crippen LogP contribution in [0, 0.1) is 0 Å². The van der Waals surface area contributed by atoms with E-state index in [0.717, 1.165) is 16.2 Å². The molecule has 1 aliphatic rings. The van der Waals surface area contributed by atoms with Crippen molar-refractivity contribution in [3.8, 4) is 0 Å². The molecule has 3 nitrogen and oxygen atoms in total. The molecule has 0 saturated heterocycles.